The van der Waals surface area contributed by atoms with E-state index < -0.39 is 12.1 Å². The van der Waals surface area contributed by atoms with Gasteiger partial charge in [0.1, 0.15) is 6.61 Å². The number of benzene rings is 2. The van der Waals surface area contributed by atoms with Crippen molar-refractivity contribution in [3.8, 4) is 0 Å². The smallest absolute Gasteiger partial charge is 0.411 e. The molecule has 120 valence electrons. The summed E-state index contributed by atoms with van der Waals surface area (Å²) in [7, 11) is 0. The number of carboxylic acid groups (broad SMARTS) is 1. The van der Waals surface area contributed by atoms with E-state index in [9.17, 15) is 9.59 Å². The molecule has 0 radical (unpaired) electrons. The minimum absolute atomic E-state index is 0.130. The quantitative estimate of drug-likeness (QED) is 0.836. The molecular weight excluding hydrogens is 341 g/mol. The van der Waals surface area contributed by atoms with Crippen molar-refractivity contribution in [1.82, 2.24) is 0 Å². The van der Waals surface area contributed by atoms with Crippen LogP contribution in [-0.2, 0) is 22.6 Å². The molecule has 2 aromatic carbocycles. The van der Waals surface area contributed by atoms with E-state index in [1.165, 1.54) is 12.1 Å². The standard InChI is InChI=1S/C16H13Cl2NO4/c17-13-6-11(7-14(18)12(13)8-15(20)21)19-16(22)23-9-10-4-2-1-3-5-10/h1-7H,8-9H2,(H,19,22)(H,20,21). The van der Waals surface area contributed by atoms with Crippen LogP contribution in [0, 0.1) is 0 Å². The molecule has 2 rings (SSSR count). The Morgan fingerprint density at radius 3 is 2.26 bits per heavy atom. The summed E-state index contributed by atoms with van der Waals surface area (Å²) in [6, 6.07) is 12.1. The number of anilines is 1. The number of hydrogen-bond acceptors (Lipinski definition) is 3. The fourth-order valence-corrected chi connectivity index (χ4v) is 2.49. The average Bonchev–Trinajstić information content (AvgIpc) is 2.50. The summed E-state index contributed by atoms with van der Waals surface area (Å²) in [5.41, 5.74) is 1.48. The molecule has 0 unspecified atom stereocenters. The van der Waals surface area contributed by atoms with Crippen molar-refractivity contribution in [1.29, 1.82) is 0 Å². The molecule has 5 nitrogen and oxygen atoms in total. The predicted octanol–water partition coefficient (Wildman–Crippen LogP) is 4.37. The maximum atomic E-state index is 11.8. The number of carboxylic acids is 1. The van der Waals surface area contributed by atoms with Crippen molar-refractivity contribution in [2.45, 2.75) is 13.0 Å². The Kier molecular flexibility index (Phi) is 5.84. The summed E-state index contributed by atoms with van der Waals surface area (Å²) >= 11 is 12.0. The Labute approximate surface area is 142 Å². The molecule has 0 aliphatic rings. The molecule has 2 N–H and O–H groups in total. The lowest BCUT2D eigenvalue weighted by atomic mass is 10.1. The third kappa shape index (κ3) is 5.16. The molecule has 0 fully saturated rings. The third-order valence-electron chi connectivity index (χ3n) is 2.93. The van der Waals surface area contributed by atoms with Crippen LogP contribution in [0.15, 0.2) is 42.5 Å². The summed E-state index contributed by atoms with van der Waals surface area (Å²) in [5.74, 6) is -1.04. The first-order valence-electron chi connectivity index (χ1n) is 6.63. The number of carbonyl (C=O) groups excluding carboxylic acids is 1. The Morgan fingerprint density at radius 2 is 1.70 bits per heavy atom. The number of aliphatic carboxylic acids is 1. The van der Waals surface area contributed by atoms with Gasteiger partial charge >= 0.3 is 12.1 Å². The maximum absolute atomic E-state index is 11.8. The molecule has 0 aliphatic carbocycles. The zero-order valence-corrected chi connectivity index (χ0v) is 13.4. The molecule has 23 heavy (non-hydrogen) atoms. The molecule has 0 bridgehead atoms. The van der Waals surface area contributed by atoms with E-state index in [1.807, 2.05) is 30.3 Å². The van der Waals surface area contributed by atoms with Gasteiger partial charge in [0, 0.05) is 21.3 Å². The topological polar surface area (TPSA) is 75.6 Å². The maximum Gasteiger partial charge on any atom is 0.411 e. The number of carbonyl (C=O) groups is 2. The molecule has 0 spiro atoms. The first kappa shape index (κ1) is 17.1. The van der Waals surface area contributed by atoms with Gasteiger partial charge in [0.05, 0.1) is 6.42 Å². The summed E-state index contributed by atoms with van der Waals surface area (Å²) in [6.07, 6.45) is -0.955. The molecule has 1 amide bonds. The van der Waals surface area contributed by atoms with Crippen LogP contribution in [0.4, 0.5) is 10.5 Å². The van der Waals surface area contributed by atoms with Gasteiger partial charge in [-0.25, -0.2) is 4.79 Å². The Morgan fingerprint density at radius 1 is 1.09 bits per heavy atom. The monoisotopic (exact) mass is 353 g/mol. The summed E-state index contributed by atoms with van der Waals surface area (Å²) in [5, 5.41) is 11.6. The number of rotatable bonds is 5. The van der Waals surface area contributed by atoms with Gasteiger partial charge in [-0.15, -0.1) is 0 Å². The highest BCUT2D eigenvalue weighted by Gasteiger charge is 2.13. The Bertz CT molecular complexity index is 696. The highest BCUT2D eigenvalue weighted by atomic mass is 35.5. The van der Waals surface area contributed by atoms with Crippen LogP contribution < -0.4 is 5.32 Å². The van der Waals surface area contributed by atoms with Gasteiger partial charge in [-0.1, -0.05) is 53.5 Å². The molecule has 0 aliphatic heterocycles. The second-order valence-corrected chi connectivity index (χ2v) is 5.49. The van der Waals surface area contributed by atoms with Gasteiger partial charge in [0.15, 0.2) is 0 Å². The van der Waals surface area contributed by atoms with E-state index in [-0.39, 0.29) is 23.1 Å². The van der Waals surface area contributed by atoms with Crippen molar-refractivity contribution in [2.24, 2.45) is 0 Å². The van der Waals surface area contributed by atoms with Crippen LogP contribution in [0.3, 0.4) is 0 Å². The summed E-state index contributed by atoms with van der Waals surface area (Å²) < 4.78 is 5.08. The minimum Gasteiger partial charge on any atom is -0.481 e. The van der Waals surface area contributed by atoms with Gasteiger partial charge in [0.2, 0.25) is 0 Å². The van der Waals surface area contributed by atoms with Gasteiger partial charge < -0.3 is 9.84 Å². The number of amides is 1. The van der Waals surface area contributed by atoms with Crippen molar-refractivity contribution in [3.05, 3.63) is 63.6 Å². The highest BCUT2D eigenvalue weighted by Crippen LogP contribution is 2.29. The molecule has 0 saturated carbocycles. The largest absolute Gasteiger partial charge is 0.481 e. The van der Waals surface area contributed by atoms with Gasteiger partial charge in [-0.2, -0.15) is 0 Å². The summed E-state index contributed by atoms with van der Waals surface area (Å²) in [4.78, 5) is 22.5. The lowest BCUT2D eigenvalue weighted by molar-refractivity contribution is -0.136. The Hall–Kier alpha value is -2.24. The number of halogens is 2. The molecule has 0 saturated heterocycles. The first-order valence-corrected chi connectivity index (χ1v) is 7.38. The van der Waals surface area contributed by atoms with Crippen LogP contribution in [0.5, 0.6) is 0 Å². The minimum atomic E-state index is -1.04. The normalized spacial score (nSPS) is 10.2. The lowest BCUT2D eigenvalue weighted by Crippen LogP contribution is -2.14. The van der Waals surface area contributed by atoms with Gasteiger partial charge in [-0.3, -0.25) is 10.1 Å². The third-order valence-corrected chi connectivity index (χ3v) is 3.60. The zero-order valence-electron chi connectivity index (χ0n) is 11.9. The van der Waals surface area contributed by atoms with E-state index >= 15 is 0 Å². The van der Waals surface area contributed by atoms with Gasteiger partial charge in [0.25, 0.3) is 0 Å². The molecule has 0 aromatic heterocycles. The van der Waals surface area contributed by atoms with E-state index in [0.29, 0.717) is 11.3 Å². The van der Waals surface area contributed by atoms with E-state index in [1.54, 1.807) is 0 Å². The lowest BCUT2D eigenvalue weighted by Gasteiger charge is -2.10. The van der Waals surface area contributed by atoms with Gasteiger partial charge in [-0.05, 0) is 17.7 Å². The number of hydrogen-bond donors (Lipinski definition) is 2. The molecule has 0 heterocycles. The Balaban J connectivity index is 1.99. The van der Waals surface area contributed by atoms with Crippen LogP contribution in [-0.4, -0.2) is 17.2 Å². The van der Waals surface area contributed by atoms with E-state index in [0.717, 1.165) is 5.56 Å². The van der Waals surface area contributed by atoms with Crippen LogP contribution in [0.1, 0.15) is 11.1 Å². The van der Waals surface area contributed by atoms with Crippen molar-refractivity contribution >= 4 is 41.0 Å². The predicted molar refractivity (Wildman–Crippen MR) is 88.1 cm³/mol. The van der Waals surface area contributed by atoms with Crippen molar-refractivity contribution in [2.75, 3.05) is 5.32 Å². The fourth-order valence-electron chi connectivity index (χ4n) is 1.87. The number of ether oxygens (including phenoxy) is 1. The second kappa shape index (κ2) is 7.85. The fraction of sp³-hybridized carbons (Fsp3) is 0.125. The van der Waals surface area contributed by atoms with Crippen LogP contribution in [0.25, 0.3) is 0 Å². The summed E-state index contributed by atoms with van der Waals surface area (Å²) in [6.45, 7) is 0.130. The second-order valence-electron chi connectivity index (χ2n) is 4.68. The van der Waals surface area contributed by atoms with E-state index in [2.05, 4.69) is 5.32 Å². The van der Waals surface area contributed by atoms with Crippen molar-refractivity contribution in [3.63, 3.8) is 0 Å². The first-order chi connectivity index (χ1) is 11.0. The van der Waals surface area contributed by atoms with Crippen LogP contribution in [0.2, 0.25) is 10.0 Å². The van der Waals surface area contributed by atoms with Crippen molar-refractivity contribution < 1.29 is 19.4 Å². The molecule has 0 atom stereocenters. The SMILES string of the molecule is O=C(O)Cc1c(Cl)cc(NC(=O)OCc2ccccc2)cc1Cl. The highest BCUT2D eigenvalue weighted by molar-refractivity contribution is 6.36. The van der Waals surface area contributed by atoms with E-state index in [4.69, 9.17) is 33.0 Å². The molecular formula is C16H13Cl2NO4. The zero-order chi connectivity index (χ0) is 16.8. The number of nitrogens with one attached hydrogen (secondary N) is 1. The molecule has 2 aromatic rings. The van der Waals surface area contributed by atoms with Crippen LogP contribution >= 0.6 is 23.2 Å². The average molecular weight is 354 g/mol. The molecule has 7 heteroatoms.